The van der Waals surface area contributed by atoms with Crippen molar-refractivity contribution in [2.45, 2.75) is 6.92 Å². The van der Waals surface area contributed by atoms with Crippen molar-refractivity contribution < 1.29 is 4.39 Å². The minimum Gasteiger partial charge on any atom is -0.344 e. The normalized spacial score (nSPS) is 8.32. The highest BCUT2D eigenvalue weighted by Gasteiger charge is 2.12. The third-order valence-corrected chi connectivity index (χ3v) is 2.26. The van der Waals surface area contributed by atoms with Crippen molar-refractivity contribution in [1.82, 2.24) is 0 Å². The first-order valence-corrected chi connectivity index (χ1v) is 4.99. The molecule has 0 amide bonds. The quantitative estimate of drug-likeness (QED) is 0.811. The number of aryl methyl sites for hydroxylation is 1. The molecule has 1 aromatic rings. The maximum atomic E-state index is 13.3. The van der Waals surface area contributed by atoms with E-state index in [0.29, 0.717) is 5.56 Å². The minimum atomic E-state index is -0.591. The van der Waals surface area contributed by atoms with Crippen molar-refractivity contribution in [3.63, 3.8) is 0 Å². The van der Waals surface area contributed by atoms with Crippen molar-refractivity contribution in [2.75, 3.05) is 5.32 Å². The summed E-state index contributed by atoms with van der Waals surface area (Å²) in [5.41, 5.74) is -0.193. The van der Waals surface area contributed by atoms with Crippen LogP contribution >= 0.6 is 0 Å². The van der Waals surface area contributed by atoms with Crippen LogP contribution in [0.25, 0.3) is 0 Å². The Bertz CT molecular complexity index is 704. The molecular formula is C13H6FN5. The van der Waals surface area contributed by atoms with E-state index in [0.717, 1.165) is 6.07 Å². The van der Waals surface area contributed by atoms with Crippen LogP contribution in [0.3, 0.4) is 0 Å². The van der Waals surface area contributed by atoms with Gasteiger partial charge in [-0.05, 0) is 24.6 Å². The van der Waals surface area contributed by atoms with Crippen molar-refractivity contribution in [3.05, 3.63) is 40.3 Å². The Morgan fingerprint density at radius 1 is 1.11 bits per heavy atom. The zero-order valence-electron chi connectivity index (χ0n) is 9.82. The van der Waals surface area contributed by atoms with Crippen molar-refractivity contribution in [1.29, 1.82) is 21.0 Å². The van der Waals surface area contributed by atoms with Crippen LogP contribution < -0.4 is 5.32 Å². The van der Waals surface area contributed by atoms with Crippen molar-refractivity contribution in [2.24, 2.45) is 0 Å². The summed E-state index contributed by atoms with van der Waals surface area (Å²) < 4.78 is 13.3. The second kappa shape index (κ2) is 5.82. The van der Waals surface area contributed by atoms with Gasteiger partial charge in [0.2, 0.25) is 0 Å². The van der Waals surface area contributed by atoms with Crippen LogP contribution in [-0.2, 0) is 0 Å². The summed E-state index contributed by atoms with van der Waals surface area (Å²) in [6.07, 6.45) is 0. The van der Waals surface area contributed by atoms with Gasteiger partial charge in [-0.3, -0.25) is 0 Å². The van der Waals surface area contributed by atoms with Gasteiger partial charge in [-0.1, -0.05) is 0 Å². The Hall–Kier alpha value is -3.35. The zero-order valence-corrected chi connectivity index (χ0v) is 9.82. The summed E-state index contributed by atoms with van der Waals surface area (Å²) >= 11 is 0. The summed E-state index contributed by atoms with van der Waals surface area (Å²) in [5.74, 6) is -0.591. The molecule has 0 unspecified atom stereocenters. The molecule has 19 heavy (non-hydrogen) atoms. The lowest BCUT2D eigenvalue weighted by atomic mass is 10.1. The fraction of sp³-hybridized carbons (Fsp3) is 0.0769. The molecule has 1 aromatic carbocycles. The molecule has 5 nitrogen and oxygen atoms in total. The van der Waals surface area contributed by atoms with Crippen LogP contribution in [0, 0.1) is 58.1 Å². The highest BCUT2D eigenvalue weighted by atomic mass is 19.1. The van der Waals surface area contributed by atoms with Gasteiger partial charge < -0.3 is 5.32 Å². The lowest BCUT2D eigenvalue weighted by Gasteiger charge is -2.09. The van der Waals surface area contributed by atoms with Gasteiger partial charge in [-0.25, -0.2) is 4.39 Å². The van der Waals surface area contributed by atoms with Gasteiger partial charge in [0.15, 0.2) is 5.57 Å². The van der Waals surface area contributed by atoms with E-state index < -0.39 is 11.4 Å². The van der Waals surface area contributed by atoms with Gasteiger partial charge >= 0.3 is 0 Å². The van der Waals surface area contributed by atoms with Crippen LogP contribution in [0.5, 0.6) is 0 Å². The predicted octanol–water partition coefficient (Wildman–Crippen LogP) is 2.24. The number of hydrogen-bond donors (Lipinski definition) is 1. The van der Waals surface area contributed by atoms with E-state index in [1.54, 1.807) is 18.2 Å². The van der Waals surface area contributed by atoms with Crippen LogP contribution in [0.15, 0.2) is 23.4 Å². The van der Waals surface area contributed by atoms with Crippen LogP contribution in [0.1, 0.15) is 11.1 Å². The number of nitriles is 4. The molecular weight excluding hydrogens is 245 g/mol. The third kappa shape index (κ3) is 2.86. The Morgan fingerprint density at radius 3 is 2.21 bits per heavy atom. The molecule has 0 aliphatic rings. The maximum Gasteiger partial charge on any atom is 0.163 e. The SMILES string of the molecule is Cc1cc(F)cc(NC(C#N)=C(C#N)C#N)c1C#N. The number of benzene rings is 1. The molecule has 0 aromatic heterocycles. The number of anilines is 1. The average molecular weight is 251 g/mol. The summed E-state index contributed by atoms with van der Waals surface area (Å²) in [5, 5.41) is 37.7. The number of nitrogens with one attached hydrogen (secondary N) is 1. The average Bonchev–Trinajstić information content (AvgIpc) is 2.38. The molecule has 0 heterocycles. The molecule has 0 aliphatic carbocycles. The largest absolute Gasteiger partial charge is 0.344 e. The lowest BCUT2D eigenvalue weighted by molar-refractivity contribution is 0.627. The van der Waals surface area contributed by atoms with Gasteiger partial charge in [0, 0.05) is 0 Å². The second-order valence-electron chi connectivity index (χ2n) is 3.47. The second-order valence-corrected chi connectivity index (χ2v) is 3.47. The standard InChI is InChI=1S/C13H6FN5/c1-8-2-10(14)3-12(11(8)6-17)19-13(7-18)9(4-15)5-16/h2-3,19H,1H3. The zero-order chi connectivity index (χ0) is 14.4. The Balaban J connectivity index is 3.41. The molecule has 0 fully saturated rings. The molecule has 6 heteroatoms. The monoisotopic (exact) mass is 251 g/mol. The molecule has 90 valence electrons. The maximum absolute atomic E-state index is 13.3. The van der Waals surface area contributed by atoms with Crippen LogP contribution in [0.2, 0.25) is 0 Å². The van der Waals surface area contributed by atoms with Gasteiger partial charge in [0.1, 0.15) is 35.8 Å². The highest BCUT2D eigenvalue weighted by molar-refractivity contribution is 5.66. The topological polar surface area (TPSA) is 107 Å². The van der Waals surface area contributed by atoms with E-state index in [2.05, 4.69) is 5.32 Å². The fourth-order valence-electron chi connectivity index (χ4n) is 1.41. The lowest BCUT2D eigenvalue weighted by Crippen LogP contribution is -2.04. The Kier molecular flexibility index (Phi) is 4.20. The van der Waals surface area contributed by atoms with E-state index in [1.165, 1.54) is 13.0 Å². The van der Waals surface area contributed by atoms with Crippen molar-refractivity contribution in [3.8, 4) is 24.3 Å². The van der Waals surface area contributed by atoms with Gasteiger partial charge in [0.25, 0.3) is 0 Å². The van der Waals surface area contributed by atoms with E-state index >= 15 is 0 Å². The number of rotatable bonds is 2. The molecule has 0 atom stereocenters. The first kappa shape index (κ1) is 13.7. The Labute approximate surface area is 109 Å². The number of nitrogens with zero attached hydrogens (tertiary/aromatic N) is 4. The van der Waals surface area contributed by atoms with Gasteiger partial charge in [-0.15, -0.1) is 0 Å². The highest BCUT2D eigenvalue weighted by Crippen LogP contribution is 2.22. The van der Waals surface area contributed by atoms with E-state index in [9.17, 15) is 4.39 Å². The first-order valence-electron chi connectivity index (χ1n) is 4.99. The van der Waals surface area contributed by atoms with Gasteiger partial charge in [-0.2, -0.15) is 21.0 Å². The number of hydrogen-bond acceptors (Lipinski definition) is 5. The molecule has 0 saturated carbocycles. The van der Waals surface area contributed by atoms with E-state index in [4.69, 9.17) is 21.0 Å². The van der Waals surface area contributed by atoms with Crippen molar-refractivity contribution >= 4 is 5.69 Å². The van der Waals surface area contributed by atoms with E-state index in [1.807, 2.05) is 6.07 Å². The number of halogens is 1. The Morgan fingerprint density at radius 2 is 1.74 bits per heavy atom. The molecule has 0 bridgehead atoms. The first-order chi connectivity index (χ1) is 9.07. The summed E-state index contributed by atoms with van der Waals surface area (Å²) in [6.45, 7) is 1.54. The van der Waals surface area contributed by atoms with Crippen LogP contribution in [0.4, 0.5) is 10.1 Å². The summed E-state index contributed by atoms with van der Waals surface area (Å²) in [7, 11) is 0. The van der Waals surface area contributed by atoms with Crippen LogP contribution in [-0.4, -0.2) is 0 Å². The molecule has 1 N–H and O–H groups in total. The predicted molar refractivity (Wildman–Crippen MR) is 63.3 cm³/mol. The molecule has 0 radical (unpaired) electrons. The van der Waals surface area contributed by atoms with Gasteiger partial charge in [0.05, 0.1) is 11.3 Å². The number of allylic oxidation sites excluding steroid dienone is 2. The third-order valence-electron chi connectivity index (χ3n) is 2.26. The summed E-state index contributed by atoms with van der Waals surface area (Å²) in [4.78, 5) is 0. The summed E-state index contributed by atoms with van der Waals surface area (Å²) in [6, 6.07) is 8.79. The molecule has 1 rings (SSSR count). The minimum absolute atomic E-state index is 0.0413. The van der Waals surface area contributed by atoms with E-state index in [-0.39, 0.29) is 16.9 Å². The fourth-order valence-corrected chi connectivity index (χ4v) is 1.41. The molecule has 0 aliphatic heterocycles. The molecule has 0 saturated heterocycles. The molecule has 0 spiro atoms. The smallest absolute Gasteiger partial charge is 0.163 e.